The summed E-state index contributed by atoms with van der Waals surface area (Å²) in [4.78, 5) is 45.5. The summed E-state index contributed by atoms with van der Waals surface area (Å²) in [6, 6.07) is 18.5. The van der Waals surface area contributed by atoms with Gasteiger partial charge in [0.2, 0.25) is 11.8 Å². The van der Waals surface area contributed by atoms with Crippen LogP contribution in [0.1, 0.15) is 32.3 Å². The summed E-state index contributed by atoms with van der Waals surface area (Å²) in [5.41, 5.74) is 5.90. The van der Waals surface area contributed by atoms with E-state index in [2.05, 4.69) is 10.2 Å². The van der Waals surface area contributed by atoms with Crippen molar-refractivity contribution in [2.45, 2.75) is 50.4 Å². The highest BCUT2D eigenvalue weighted by atomic mass is 16.5. The summed E-state index contributed by atoms with van der Waals surface area (Å²) in [6.07, 6.45) is 1.31. The second-order valence-corrected chi connectivity index (χ2v) is 10.6. The van der Waals surface area contributed by atoms with Crippen molar-refractivity contribution in [3.05, 3.63) is 66.2 Å². The lowest BCUT2D eigenvalue weighted by molar-refractivity contribution is -0.143. The highest BCUT2D eigenvalue weighted by molar-refractivity contribution is 5.96. The van der Waals surface area contributed by atoms with Crippen LogP contribution in [0.3, 0.4) is 0 Å². The lowest BCUT2D eigenvalue weighted by atomic mass is 9.86. The quantitative estimate of drug-likeness (QED) is 0.563. The number of nitrogens with one attached hydrogen (secondary N) is 1. The van der Waals surface area contributed by atoms with Crippen LogP contribution in [0.15, 0.2) is 60.7 Å². The monoisotopic (exact) mass is 507 g/mol. The lowest BCUT2D eigenvalue weighted by Crippen LogP contribution is -2.64. The van der Waals surface area contributed by atoms with Gasteiger partial charge in [0.15, 0.2) is 0 Å². The Morgan fingerprint density at radius 3 is 2.41 bits per heavy atom. The lowest BCUT2D eigenvalue weighted by Gasteiger charge is -2.45. The molecule has 9 heteroatoms. The van der Waals surface area contributed by atoms with Gasteiger partial charge >= 0.3 is 0 Å². The zero-order valence-corrected chi connectivity index (χ0v) is 21.9. The molecule has 0 aliphatic carbocycles. The Hall–Kier alpha value is -3.43. The van der Waals surface area contributed by atoms with E-state index in [9.17, 15) is 14.4 Å². The van der Waals surface area contributed by atoms with Crippen molar-refractivity contribution in [3.63, 3.8) is 0 Å². The molecule has 2 aliphatic rings. The number of carbonyl (C=O) groups excluding carboxylic acids is 3. The number of carbonyl (C=O) groups is 3. The van der Waals surface area contributed by atoms with Gasteiger partial charge in [0.1, 0.15) is 11.6 Å². The maximum absolute atomic E-state index is 13.8. The van der Waals surface area contributed by atoms with Gasteiger partial charge in [-0.3, -0.25) is 14.4 Å². The SMILES string of the molecule is CN1CN(c2ccccc2)[C@@]2(CCCN(C(=O)C(COCc3ccccc3)NC(=O)C(C)(C)N)C2)C1=O. The molecule has 2 atom stereocenters. The predicted octanol–water partition coefficient (Wildman–Crippen LogP) is 1.72. The van der Waals surface area contributed by atoms with Gasteiger partial charge in [0, 0.05) is 19.3 Å². The largest absolute Gasteiger partial charge is 0.374 e. The first-order chi connectivity index (χ1) is 17.6. The van der Waals surface area contributed by atoms with Gasteiger partial charge in [-0.1, -0.05) is 48.5 Å². The maximum Gasteiger partial charge on any atom is 0.251 e. The minimum atomic E-state index is -1.16. The third-order valence-electron chi connectivity index (χ3n) is 7.05. The Balaban J connectivity index is 1.54. The van der Waals surface area contributed by atoms with Gasteiger partial charge in [-0.05, 0) is 44.4 Å². The van der Waals surface area contributed by atoms with E-state index in [4.69, 9.17) is 10.5 Å². The second-order valence-electron chi connectivity index (χ2n) is 10.6. The molecule has 3 N–H and O–H groups in total. The van der Waals surface area contributed by atoms with E-state index in [1.54, 1.807) is 30.7 Å². The summed E-state index contributed by atoms with van der Waals surface area (Å²) < 4.78 is 5.86. The van der Waals surface area contributed by atoms with Crippen LogP contribution in [0.2, 0.25) is 0 Å². The molecule has 198 valence electrons. The molecule has 0 saturated carbocycles. The van der Waals surface area contributed by atoms with Gasteiger partial charge < -0.3 is 30.5 Å². The molecule has 2 fully saturated rings. The number of piperidine rings is 1. The van der Waals surface area contributed by atoms with E-state index in [1.807, 2.05) is 60.7 Å². The summed E-state index contributed by atoms with van der Waals surface area (Å²) >= 11 is 0. The minimum Gasteiger partial charge on any atom is -0.374 e. The zero-order chi connectivity index (χ0) is 26.6. The number of benzene rings is 2. The van der Waals surface area contributed by atoms with Crippen LogP contribution < -0.4 is 16.0 Å². The molecular weight excluding hydrogens is 470 g/mol. The zero-order valence-electron chi connectivity index (χ0n) is 21.9. The minimum absolute atomic E-state index is 0.00198. The number of nitrogens with two attached hydrogens (primary N) is 1. The number of ether oxygens (including phenoxy) is 1. The molecule has 1 spiro atoms. The fourth-order valence-electron chi connectivity index (χ4n) is 5.05. The average Bonchev–Trinajstić information content (AvgIpc) is 3.13. The molecule has 4 rings (SSSR count). The number of likely N-dealkylation sites (tertiary alicyclic amines) is 1. The number of amides is 3. The number of hydrogen-bond acceptors (Lipinski definition) is 6. The van der Waals surface area contributed by atoms with E-state index in [-0.39, 0.29) is 25.0 Å². The summed E-state index contributed by atoms with van der Waals surface area (Å²) in [7, 11) is 1.79. The molecule has 2 aromatic rings. The maximum atomic E-state index is 13.8. The van der Waals surface area contributed by atoms with Crippen LogP contribution in [-0.2, 0) is 25.7 Å². The van der Waals surface area contributed by atoms with Gasteiger partial charge in [0.05, 0.1) is 32.0 Å². The van der Waals surface area contributed by atoms with Crippen molar-refractivity contribution in [3.8, 4) is 0 Å². The number of likely N-dealkylation sites (N-methyl/N-ethyl adjacent to an activating group) is 1. The summed E-state index contributed by atoms with van der Waals surface area (Å²) in [5, 5.41) is 2.79. The van der Waals surface area contributed by atoms with Gasteiger partial charge in [-0.25, -0.2) is 0 Å². The van der Waals surface area contributed by atoms with Crippen molar-refractivity contribution in [1.29, 1.82) is 0 Å². The van der Waals surface area contributed by atoms with Crippen LogP contribution >= 0.6 is 0 Å². The Morgan fingerprint density at radius 1 is 1.11 bits per heavy atom. The first-order valence-electron chi connectivity index (χ1n) is 12.7. The van der Waals surface area contributed by atoms with Crippen molar-refractivity contribution in [1.82, 2.24) is 15.1 Å². The van der Waals surface area contributed by atoms with E-state index in [0.29, 0.717) is 32.7 Å². The van der Waals surface area contributed by atoms with Crippen LogP contribution in [-0.4, -0.2) is 78.1 Å². The van der Waals surface area contributed by atoms with E-state index in [0.717, 1.165) is 11.3 Å². The Morgan fingerprint density at radius 2 is 1.76 bits per heavy atom. The third-order valence-corrected chi connectivity index (χ3v) is 7.05. The molecule has 1 unspecified atom stereocenters. The number of nitrogens with zero attached hydrogens (tertiary/aromatic N) is 3. The molecule has 2 saturated heterocycles. The number of para-hydroxylation sites is 1. The van der Waals surface area contributed by atoms with Crippen molar-refractivity contribution < 1.29 is 19.1 Å². The Bertz CT molecular complexity index is 1100. The van der Waals surface area contributed by atoms with Gasteiger partial charge in [-0.15, -0.1) is 0 Å². The topological polar surface area (TPSA) is 108 Å². The Labute approximate surface area is 218 Å². The molecule has 9 nitrogen and oxygen atoms in total. The fourth-order valence-corrected chi connectivity index (χ4v) is 5.05. The summed E-state index contributed by atoms with van der Waals surface area (Å²) in [6.45, 7) is 4.67. The molecule has 0 radical (unpaired) electrons. The predicted molar refractivity (Wildman–Crippen MR) is 141 cm³/mol. The molecule has 37 heavy (non-hydrogen) atoms. The first kappa shape index (κ1) is 26.6. The molecule has 0 bridgehead atoms. The molecule has 3 amide bonds. The van der Waals surface area contributed by atoms with Crippen molar-refractivity contribution in [2.75, 3.05) is 38.3 Å². The van der Waals surface area contributed by atoms with Crippen LogP contribution in [0, 0.1) is 0 Å². The Kier molecular flexibility index (Phi) is 7.85. The number of rotatable bonds is 8. The second kappa shape index (κ2) is 10.9. The summed E-state index contributed by atoms with van der Waals surface area (Å²) in [5.74, 6) is -0.721. The molecule has 2 aliphatic heterocycles. The first-order valence-corrected chi connectivity index (χ1v) is 12.7. The number of hydrogen-bond donors (Lipinski definition) is 2. The molecular formula is C28H37N5O4. The fraction of sp³-hybridized carbons (Fsp3) is 0.464. The van der Waals surface area contributed by atoms with Crippen LogP contribution in [0.5, 0.6) is 0 Å². The molecule has 2 aromatic carbocycles. The van der Waals surface area contributed by atoms with E-state index >= 15 is 0 Å². The van der Waals surface area contributed by atoms with Gasteiger partial charge in [-0.2, -0.15) is 0 Å². The van der Waals surface area contributed by atoms with Crippen LogP contribution in [0.25, 0.3) is 0 Å². The highest BCUT2D eigenvalue weighted by Crippen LogP contribution is 2.38. The van der Waals surface area contributed by atoms with E-state index < -0.39 is 23.0 Å². The highest BCUT2D eigenvalue weighted by Gasteiger charge is 2.54. The average molecular weight is 508 g/mol. The standard InChI is InChI=1S/C28H37N5O4/c1-27(2,29)25(35)30-23(18-37-17-21-11-6-4-7-12-21)24(34)32-16-10-15-28(19-32)26(36)31(3)20-33(28)22-13-8-5-9-14-22/h4-9,11-14,23H,10,15-20,29H2,1-3H3,(H,30,35)/t23?,28-/m1/s1. The normalized spacial score (nSPS) is 20.9. The van der Waals surface area contributed by atoms with Crippen molar-refractivity contribution >= 4 is 23.4 Å². The third kappa shape index (κ3) is 5.78. The molecule has 2 heterocycles. The van der Waals surface area contributed by atoms with Gasteiger partial charge in [0.25, 0.3) is 5.91 Å². The number of anilines is 1. The molecule has 0 aromatic heterocycles. The van der Waals surface area contributed by atoms with Crippen LogP contribution in [0.4, 0.5) is 5.69 Å². The van der Waals surface area contributed by atoms with E-state index in [1.165, 1.54) is 0 Å². The van der Waals surface area contributed by atoms with Crippen molar-refractivity contribution in [2.24, 2.45) is 5.73 Å². The smallest absolute Gasteiger partial charge is 0.251 e.